The van der Waals surface area contributed by atoms with Crippen LogP contribution < -0.4 is 5.43 Å². The maximum absolute atomic E-state index is 11.5. The second-order valence-corrected chi connectivity index (χ2v) is 4.47. The van der Waals surface area contributed by atoms with E-state index in [1.807, 2.05) is 12.1 Å². The monoisotopic (exact) mass is 214 g/mol. The highest BCUT2D eigenvalue weighted by Gasteiger charge is 2.29. The van der Waals surface area contributed by atoms with E-state index in [2.05, 4.69) is 22.7 Å². The summed E-state index contributed by atoms with van der Waals surface area (Å²) in [4.78, 5) is 11.5. The van der Waals surface area contributed by atoms with Crippen molar-refractivity contribution in [1.29, 1.82) is 0 Å². The molecule has 1 N–H and O–H groups in total. The van der Waals surface area contributed by atoms with E-state index in [4.69, 9.17) is 0 Å². The molecule has 1 aromatic carbocycles. The third-order valence-electron chi connectivity index (χ3n) is 3.21. The van der Waals surface area contributed by atoms with Crippen LogP contribution in [-0.4, -0.2) is 11.6 Å². The molecule has 0 radical (unpaired) electrons. The molecule has 82 valence electrons. The molecule has 3 heteroatoms. The van der Waals surface area contributed by atoms with Gasteiger partial charge in [-0.15, -0.1) is 0 Å². The molecule has 1 aromatic rings. The highest BCUT2D eigenvalue weighted by molar-refractivity contribution is 6.04. The first-order valence-electron chi connectivity index (χ1n) is 5.79. The maximum Gasteiger partial charge on any atom is 0.243 e. The van der Waals surface area contributed by atoms with E-state index >= 15 is 0 Å². The minimum Gasteiger partial charge on any atom is -0.273 e. The second-order valence-electron chi connectivity index (χ2n) is 4.47. The van der Waals surface area contributed by atoms with Crippen molar-refractivity contribution in [3.05, 3.63) is 35.4 Å². The smallest absolute Gasteiger partial charge is 0.243 e. The van der Waals surface area contributed by atoms with Gasteiger partial charge in [0, 0.05) is 11.5 Å². The SMILES string of the molecule is O=C(N/N=C1\CCc2ccccc21)C1CC1. The van der Waals surface area contributed by atoms with E-state index in [1.165, 1.54) is 11.1 Å². The van der Waals surface area contributed by atoms with Crippen molar-refractivity contribution < 1.29 is 4.79 Å². The quantitative estimate of drug-likeness (QED) is 0.750. The summed E-state index contributed by atoms with van der Waals surface area (Å²) in [5.74, 6) is 0.304. The molecular formula is C13H14N2O. The van der Waals surface area contributed by atoms with Crippen molar-refractivity contribution in [3.8, 4) is 0 Å². The van der Waals surface area contributed by atoms with Crippen LogP contribution in [0.25, 0.3) is 0 Å². The van der Waals surface area contributed by atoms with Gasteiger partial charge in [0.25, 0.3) is 0 Å². The molecule has 0 spiro atoms. The van der Waals surface area contributed by atoms with Crippen LogP contribution in [-0.2, 0) is 11.2 Å². The van der Waals surface area contributed by atoms with Gasteiger partial charge in [0.1, 0.15) is 0 Å². The summed E-state index contributed by atoms with van der Waals surface area (Å²) >= 11 is 0. The van der Waals surface area contributed by atoms with E-state index in [1.54, 1.807) is 0 Å². The van der Waals surface area contributed by atoms with E-state index in [0.717, 1.165) is 31.4 Å². The number of hydrazone groups is 1. The Kier molecular flexibility index (Phi) is 2.24. The molecule has 2 aliphatic carbocycles. The Bertz CT molecular complexity index is 461. The molecule has 0 aliphatic heterocycles. The molecule has 3 rings (SSSR count). The number of carbonyl (C=O) groups excluding carboxylic acids is 1. The lowest BCUT2D eigenvalue weighted by atomic mass is 10.1. The van der Waals surface area contributed by atoms with Gasteiger partial charge in [-0.3, -0.25) is 4.79 Å². The van der Waals surface area contributed by atoms with Crippen molar-refractivity contribution in [3.63, 3.8) is 0 Å². The predicted molar refractivity (Wildman–Crippen MR) is 62.2 cm³/mol. The van der Waals surface area contributed by atoms with Crippen LogP contribution >= 0.6 is 0 Å². The van der Waals surface area contributed by atoms with Crippen molar-refractivity contribution in [1.82, 2.24) is 5.43 Å². The van der Waals surface area contributed by atoms with Gasteiger partial charge < -0.3 is 0 Å². The lowest BCUT2D eigenvalue weighted by Crippen LogP contribution is -2.20. The van der Waals surface area contributed by atoms with Crippen LogP contribution in [0.15, 0.2) is 29.4 Å². The highest BCUT2D eigenvalue weighted by Crippen LogP contribution is 2.29. The maximum atomic E-state index is 11.5. The van der Waals surface area contributed by atoms with E-state index in [9.17, 15) is 4.79 Å². The van der Waals surface area contributed by atoms with Crippen LogP contribution in [0.5, 0.6) is 0 Å². The molecule has 0 bridgehead atoms. The van der Waals surface area contributed by atoms with Crippen LogP contribution in [0, 0.1) is 5.92 Å². The Morgan fingerprint density at radius 2 is 2.06 bits per heavy atom. The summed E-state index contributed by atoms with van der Waals surface area (Å²) < 4.78 is 0. The largest absolute Gasteiger partial charge is 0.273 e. The normalized spacial score (nSPS) is 20.9. The number of benzene rings is 1. The van der Waals surface area contributed by atoms with Gasteiger partial charge in [0.05, 0.1) is 5.71 Å². The van der Waals surface area contributed by atoms with Crippen LogP contribution in [0.2, 0.25) is 0 Å². The van der Waals surface area contributed by atoms with Gasteiger partial charge >= 0.3 is 0 Å². The number of nitrogens with one attached hydrogen (secondary N) is 1. The predicted octanol–water partition coefficient (Wildman–Crippen LogP) is 1.86. The van der Waals surface area contributed by atoms with Gasteiger partial charge in [-0.25, -0.2) is 5.43 Å². The minimum absolute atomic E-state index is 0.0804. The van der Waals surface area contributed by atoms with E-state index < -0.39 is 0 Å². The number of fused-ring (bicyclic) bond motifs is 1. The Labute approximate surface area is 94.6 Å². The molecule has 1 amide bonds. The third kappa shape index (κ3) is 1.73. The Balaban J connectivity index is 1.76. The average Bonchev–Trinajstić information content (AvgIpc) is 3.08. The topological polar surface area (TPSA) is 41.5 Å². The summed E-state index contributed by atoms with van der Waals surface area (Å²) in [6, 6.07) is 8.26. The minimum atomic E-state index is 0.0804. The first-order chi connectivity index (χ1) is 7.84. The highest BCUT2D eigenvalue weighted by atomic mass is 16.2. The summed E-state index contributed by atoms with van der Waals surface area (Å²) in [5.41, 5.74) is 6.22. The lowest BCUT2D eigenvalue weighted by molar-refractivity contribution is -0.122. The molecule has 3 nitrogen and oxygen atoms in total. The van der Waals surface area contributed by atoms with E-state index in [0.29, 0.717) is 0 Å². The fraction of sp³-hybridized carbons (Fsp3) is 0.385. The van der Waals surface area contributed by atoms with Gasteiger partial charge in [-0.2, -0.15) is 5.10 Å². The molecule has 1 fully saturated rings. The number of carbonyl (C=O) groups is 1. The van der Waals surface area contributed by atoms with E-state index in [-0.39, 0.29) is 11.8 Å². The van der Waals surface area contributed by atoms with Crippen molar-refractivity contribution in [2.24, 2.45) is 11.0 Å². The standard InChI is InChI=1S/C13H14N2O/c16-13(10-5-6-10)15-14-12-8-7-9-3-1-2-4-11(9)12/h1-4,10H,5-8H2,(H,15,16)/b14-12+. The number of hydrogen-bond donors (Lipinski definition) is 1. The number of rotatable bonds is 2. The Morgan fingerprint density at radius 3 is 2.88 bits per heavy atom. The van der Waals surface area contributed by atoms with Crippen molar-refractivity contribution in [2.75, 3.05) is 0 Å². The Hall–Kier alpha value is -1.64. The van der Waals surface area contributed by atoms with Crippen molar-refractivity contribution in [2.45, 2.75) is 25.7 Å². The lowest BCUT2D eigenvalue weighted by Gasteiger charge is -2.01. The van der Waals surface area contributed by atoms with Crippen LogP contribution in [0.4, 0.5) is 0 Å². The van der Waals surface area contributed by atoms with Gasteiger partial charge in [0.2, 0.25) is 5.91 Å². The second kappa shape index (κ2) is 3.74. The zero-order chi connectivity index (χ0) is 11.0. The van der Waals surface area contributed by atoms with Gasteiger partial charge in [0.15, 0.2) is 0 Å². The Morgan fingerprint density at radius 1 is 1.25 bits per heavy atom. The van der Waals surface area contributed by atoms with Gasteiger partial charge in [-0.1, -0.05) is 24.3 Å². The zero-order valence-electron chi connectivity index (χ0n) is 9.07. The molecule has 2 aliphatic rings. The number of amides is 1. The number of hydrogen-bond acceptors (Lipinski definition) is 2. The molecule has 0 atom stereocenters. The molecular weight excluding hydrogens is 200 g/mol. The molecule has 16 heavy (non-hydrogen) atoms. The summed E-state index contributed by atoms with van der Waals surface area (Å²) in [7, 11) is 0. The summed E-state index contributed by atoms with van der Waals surface area (Å²) in [5, 5.41) is 4.24. The molecule has 1 saturated carbocycles. The molecule has 0 saturated heterocycles. The van der Waals surface area contributed by atoms with Gasteiger partial charge in [-0.05, 0) is 31.2 Å². The summed E-state index contributed by atoms with van der Waals surface area (Å²) in [6.07, 6.45) is 4.01. The number of nitrogens with zero attached hydrogens (tertiary/aromatic N) is 1. The number of aryl methyl sites for hydroxylation is 1. The summed E-state index contributed by atoms with van der Waals surface area (Å²) in [6.45, 7) is 0. The molecule has 0 unspecified atom stereocenters. The van der Waals surface area contributed by atoms with Crippen LogP contribution in [0.3, 0.4) is 0 Å². The van der Waals surface area contributed by atoms with Crippen LogP contribution in [0.1, 0.15) is 30.4 Å². The fourth-order valence-electron chi connectivity index (χ4n) is 2.08. The average molecular weight is 214 g/mol. The zero-order valence-corrected chi connectivity index (χ0v) is 9.07. The molecule has 0 heterocycles. The fourth-order valence-corrected chi connectivity index (χ4v) is 2.08. The molecule has 0 aromatic heterocycles. The first-order valence-corrected chi connectivity index (χ1v) is 5.79. The first kappa shape index (κ1) is 9.58. The van der Waals surface area contributed by atoms with Crippen molar-refractivity contribution >= 4 is 11.6 Å². The third-order valence-corrected chi connectivity index (χ3v) is 3.21.